The van der Waals surface area contributed by atoms with E-state index in [1.54, 1.807) is 0 Å². The van der Waals surface area contributed by atoms with Crippen molar-refractivity contribution in [3.8, 4) is 0 Å². The minimum Gasteiger partial charge on any atom is -0.396 e. The minimum atomic E-state index is -1.82. The molecular formula is C51H95N3O30. The van der Waals surface area contributed by atoms with Crippen molar-refractivity contribution in [1.29, 1.82) is 0 Å². The molecule has 84 heavy (non-hydrogen) atoms. The summed E-state index contributed by atoms with van der Waals surface area (Å²) in [5.41, 5.74) is -2.54. The van der Waals surface area contributed by atoms with Gasteiger partial charge in [0.05, 0.1) is 165 Å². The molecular weight excluding hydrogens is 1130 g/mol. The molecule has 2 amide bonds. The highest BCUT2D eigenvalue weighted by molar-refractivity contribution is 5.76. The molecule has 4 aliphatic rings. The number of ether oxygens (including phenoxy) is 15. The normalized spacial score (nSPS) is 31.5. The maximum atomic E-state index is 12.5. The summed E-state index contributed by atoms with van der Waals surface area (Å²) in [6.07, 6.45) is -19.3. The Morgan fingerprint density at radius 2 is 0.881 bits per heavy atom. The molecule has 1 aliphatic carbocycles. The predicted molar refractivity (Wildman–Crippen MR) is 281 cm³/mol. The maximum Gasteiger partial charge on any atom is 0.222 e. The van der Waals surface area contributed by atoms with Crippen molar-refractivity contribution in [1.82, 2.24) is 16.0 Å². The molecule has 16 N–H and O–H groups in total. The first kappa shape index (κ1) is 74.2. The van der Waals surface area contributed by atoms with Gasteiger partial charge in [-0.1, -0.05) is 6.92 Å². The Bertz CT molecular complexity index is 1660. The second-order valence-corrected chi connectivity index (χ2v) is 20.7. The number of nitrogens with one attached hydrogen (secondary N) is 3. The van der Waals surface area contributed by atoms with Crippen molar-refractivity contribution in [3.63, 3.8) is 0 Å². The summed E-state index contributed by atoms with van der Waals surface area (Å²) >= 11 is 0. The molecule has 33 nitrogen and oxygen atoms in total. The Hall–Kier alpha value is -2.22. The van der Waals surface area contributed by atoms with Gasteiger partial charge in [-0.25, -0.2) is 0 Å². The molecule has 0 aromatic heterocycles. The number of amides is 2. The minimum absolute atomic E-state index is 0.00727. The van der Waals surface area contributed by atoms with Gasteiger partial charge < -0.3 is 148 Å². The molecule has 0 aromatic carbocycles. The van der Waals surface area contributed by atoms with E-state index in [0.29, 0.717) is 6.54 Å². The number of rotatable bonds is 49. The largest absolute Gasteiger partial charge is 0.396 e. The van der Waals surface area contributed by atoms with Crippen LogP contribution in [0.2, 0.25) is 0 Å². The Labute approximate surface area is 487 Å². The quantitative estimate of drug-likeness (QED) is 0.0199. The van der Waals surface area contributed by atoms with E-state index in [9.17, 15) is 76.0 Å². The average molecular weight is 1230 g/mol. The van der Waals surface area contributed by atoms with Crippen LogP contribution in [0.4, 0.5) is 0 Å². The third-order valence-electron chi connectivity index (χ3n) is 13.9. The van der Waals surface area contributed by atoms with Crippen LogP contribution < -0.4 is 16.0 Å². The second kappa shape index (κ2) is 41.1. The topological polar surface area (TPSA) is 472 Å². The van der Waals surface area contributed by atoms with E-state index in [1.165, 1.54) is 0 Å². The van der Waals surface area contributed by atoms with Gasteiger partial charge in [-0.05, 0) is 0 Å². The molecule has 494 valence electrons. The summed E-state index contributed by atoms with van der Waals surface area (Å²) < 4.78 is 82.7. The molecule has 3 heterocycles. The Balaban J connectivity index is 1.03. The zero-order valence-electron chi connectivity index (χ0n) is 47.7. The van der Waals surface area contributed by atoms with Crippen LogP contribution in [0.25, 0.3) is 0 Å². The molecule has 0 bridgehead atoms. The third-order valence-corrected chi connectivity index (χ3v) is 13.9. The Kier molecular flexibility index (Phi) is 36.4. The maximum absolute atomic E-state index is 12.5. The number of carbonyl (C=O) groups is 2. The molecule has 3 saturated heterocycles. The summed E-state index contributed by atoms with van der Waals surface area (Å²) in [4.78, 5) is 25.0. The summed E-state index contributed by atoms with van der Waals surface area (Å²) in [5, 5.41) is 138. The van der Waals surface area contributed by atoms with E-state index in [0.717, 1.165) is 0 Å². The Morgan fingerprint density at radius 3 is 1.32 bits per heavy atom. The molecule has 0 radical (unpaired) electrons. The van der Waals surface area contributed by atoms with Crippen LogP contribution in [0.15, 0.2) is 0 Å². The van der Waals surface area contributed by atoms with Crippen molar-refractivity contribution < 1.29 is 147 Å². The van der Waals surface area contributed by atoms with E-state index >= 15 is 0 Å². The molecule has 0 spiro atoms. The fourth-order valence-electron chi connectivity index (χ4n) is 8.97. The van der Waals surface area contributed by atoms with Crippen molar-refractivity contribution in [2.24, 2.45) is 11.3 Å². The SMILES string of the molecule is CC(COCCC(=O)NCCOCCOCCO[C@H]1OC(CO)[C@@H](O)C(O)C1O)(COCCC(=O)NCCOCCOCCO[C@H]1OC(CO)[C@@H](O)C(O)C1O)COCCC(O)NCCOCCOCCO[C@H]1OC2C(CO)[C@@H](O)C(O)C21O. The van der Waals surface area contributed by atoms with E-state index in [4.69, 9.17) is 71.1 Å². The van der Waals surface area contributed by atoms with Crippen LogP contribution in [0.3, 0.4) is 0 Å². The number of hydrogen-bond donors (Lipinski definition) is 16. The van der Waals surface area contributed by atoms with Crippen molar-refractivity contribution in [2.75, 3.05) is 178 Å². The van der Waals surface area contributed by atoms with Crippen molar-refractivity contribution >= 4 is 11.8 Å². The van der Waals surface area contributed by atoms with Gasteiger partial charge in [-0.3, -0.25) is 14.9 Å². The molecule has 33 heteroatoms. The highest BCUT2D eigenvalue weighted by Gasteiger charge is 2.71. The molecule has 3 aliphatic heterocycles. The lowest BCUT2D eigenvalue weighted by Crippen LogP contribution is -2.69. The number of aliphatic hydroxyl groups excluding tert-OH is 12. The lowest BCUT2D eigenvalue weighted by atomic mass is 9.88. The molecule has 4 fully saturated rings. The highest BCUT2D eigenvalue weighted by atomic mass is 16.7. The first-order valence-electron chi connectivity index (χ1n) is 28.4. The standard InChI is InChI=1S/C51H95N3O30/c1-50(29-76-8-2-35(58)52-5-11-70-14-17-73-20-23-79-47-43(66)41(64)39(62)33(27-56)82-47,30-77-9-3-36(59)53-6-12-71-15-18-74-21-24-80-48-44(67)42(65)40(63)34(28-57)83-48)31-78-10-4-37(60)54-7-13-72-16-19-75-22-25-81-49-51(69)45(68)38(61)32(26-55)46(51)84-49/h32-34,37-49,54-57,60-69H,2-31H2,1H3,(H,52,58)(H,53,59)/t32?,33?,34?,37?,38-,39-,40-,41?,42?,43?,44?,45?,46?,47+,48+,49+,50?,51?/m1/s1. The summed E-state index contributed by atoms with van der Waals surface area (Å²) in [7, 11) is 0. The predicted octanol–water partition coefficient (Wildman–Crippen LogP) is -9.10. The monoisotopic (exact) mass is 1230 g/mol. The molecule has 1 saturated carbocycles. The number of aliphatic hydroxyl groups is 13. The van der Waals surface area contributed by atoms with Gasteiger partial charge in [-0.2, -0.15) is 0 Å². The van der Waals surface area contributed by atoms with Crippen LogP contribution >= 0.6 is 0 Å². The lowest BCUT2D eigenvalue weighted by molar-refractivity contribution is -0.388. The highest BCUT2D eigenvalue weighted by Crippen LogP contribution is 2.49. The zero-order valence-corrected chi connectivity index (χ0v) is 47.7. The van der Waals surface area contributed by atoms with Crippen molar-refractivity contribution in [3.05, 3.63) is 0 Å². The first-order valence-corrected chi connectivity index (χ1v) is 28.4. The van der Waals surface area contributed by atoms with Gasteiger partial charge >= 0.3 is 0 Å². The van der Waals surface area contributed by atoms with Gasteiger partial charge in [0.1, 0.15) is 67.3 Å². The lowest BCUT2D eigenvalue weighted by Gasteiger charge is -2.49. The average Bonchev–Trinajstić information content (AvgIpc) is 1.68. The van der Waals surface area contributed by atoms with Gasteiger partial charge in [0.15, 0.2) is 24.5 Å². The van der Waals surface area contributed by atoms with E-state index < -0.39 is 129 Å². The van der Waals surface area contributed by atoms with Gasteiger partial charge in [-0.15, -0.1) is 0 Å². The zero-order chi connectivity index (χ0) is 61.3. The fourth-order valence-corrected chi connectivity index (χ4v) is 8.97. The summed E-state index contributed by atoms with van der Waals surface area (Å²) in [6, 6.07) is 0. The third kappa shape index (κ3) is 25.0. The number of hydrogen-bond acceptors (Lipinski definition) is 31. The van der Waals surface area contributed by atoms with Crippen LogP contribution in [-0.4, -0.2) is 354 Å². The van der Waals surface area contributed by atoms with E-state index in [2.05, 4.69) is 16.0 Å². The van der Waals surface area contributed by atoms with Gasteiger partial charge in [0.2, 0.25) is 11.8 Å². The Morgan fingerprint density at radius 1 is 0.476 bits per heavy atom. The summed E-state index contributed by atoms with van der Waals surface area (Å²) in [6.45, 7) is 4.12. The first-order chi connectivity index (χ1) is 40.4. The van der Waals surface area contributed by atoms with Crippen LogP contribution in [0, 0.1) is 11.3 Å². The molecule has 0 aromatic rings. The smallest absolute Gasteiger partial charge is 0.222 e. The summed E-state index contributed by atoms with van der Waals surface area (Å²) in [5.74, 6) is -1.36. The van der Waals surface area contributed by atoms with Gasteiger partial charge in [0.25, 0.3) is 0 Å². The fraction of sp³-hybridized carbons (Fsp3) is 0.961. The van der Waals surface area contributed by atoms with Crippen molar-refractivity contribution in [2.45, 2.75) is 124 Å². The van der Waals surface area contributed by atoms with Crippen LogP contribution in [0.1, 0.15) is 26.2 Å². The molecule has 17 atom stereocenters. The number of fused-ring (bicyclic) bond motifs is 1. The van der Waals surface area contributed by atoms with E-state index in [1.807, 2.05) is 6.92 Å². The second-order valence-electron chi connectivity index (χ2n) is 20.7. The van der Waals surface area contributed by atoms with Gasteiger partial charge in [0, 0.05) is 50.2 Å². The van der Waals surface area contributed by atoms with Crippen LogP contribution in [0.5, 0.6) is 0 Å². The molecule has 4 rings (SSSR count). The number of carbonyl (C=O) groups excluding carboxylic acids is 2. The van der Waals surface area contributed by atoms with Crippen LogP contribution in [-0.2, 0) is 80.6 Å². The molecule has 11 unspecified atom stereocenters. The van der Waals surface area contributed by atoms with E-state index in [-0.39, 0.29) is 183 Å².